The van der Waals surface area contributed by atoms with Crippen molar-refractivity contribution in [2.24, 2.45) is 0 Å². The van der Waals surface area contributed by atoms with Gasteiger partial charge in [0.2, 0.25) is 0 Å². The summed E-state index contributed by atoms with van der Waals surface area (Å²) in [5.41, 5.74) is 1.77. The predicted molar refractivity (Wildman–Crippen MR) is 79.8 cm³/mol. The smallest absolute Gasteiger partial charge is 0.311 e. The SMILES string of the molecule is O=[N+]([O-])c1cncc(Br)c1NC1CC1c1ccccc1. The number of nitrogens with one attached hydrogen (secondary N) is 1. The number of nitrogens with zero attached hydrogens (tertiary/aromatic N) is 2. The van der Waals surface area contributed by atoms with Crippen LogP contribution in [0.25, 0.3) is 0 Å². The molecule has 0 radical (unpaired) electrons. The molecule has 0 aliphatic heterocycles. The summed E-state index contributed by atoms with van der Waals surface area (Å²) >= 11 is 3.32. The molecule has 0 saturated heterocycles. The molecule has 6 heteroatoms. The Morgan fingerprint density at radius 1 is 1.30 bits per heavy atom. The quantitative estimate of drug-likeness (QED) is 0.683. The minimum atomic E-state index is -0.417. The van der Waals surface area contributed by atoms with E-state index >= 15 is 0 Å². The maximum atomic E-state index is 11.0. The van der Waals surface area contributed by atoms with E-state index in [1.54, 1.807) is 6.20 Å². The Balaban J connectivity index is 1.79. The van der Waals surface area contributed by atoms with Crippen LogP contribution in [0.2, 0.25) is 0 Å². The molecule has 2 aromatic rings. The van der Waals surface area contributed by atoms with Crippen LogP contribution in [0.3, 0.4) is 0 Å². The summed E-state index contributed by atoms with van der Waals surface area (Å²) in [5.74, 6) is 0.413. The van der Waals surface area contributed by atoms with E-state index in [-0.39, 0.29) is 11.7 Å². The second-order valence-corrected chi connectivity index (χ2v) is 5.63. The van der Waals surface area contributed by atoms with Crippen LogP contribution in [0.4, 0.5) is 11.4 Å². The topological polar surface area (TPSA) is 68.1 Å². The number of pyridine rings is 1. The van der Waals surface area contributed by atoms with E-state index in [1.807, 2.05) is 18.2 Å². The van der Waals surface area contributed by atoms with Gasteiger partial charge < -0.3 is 5.32 Å². The number of anilines is 1. The highest BCUT2D eigenvalue weighted by Gasteiger charge is 2.39. The van der Waals surface area contributed by atoms with Crippen molar-refractivity contribution in [1.82, 2.24) is 4.98 Å². The van der Waals surface area contributed by atoms with Crippen LogP contribution >= 0.6 is 15.9 Å². The highest BCUT2D eigenvalue weighted by molar-refractivity contribution is 9.10. The second-order valence-electron chi connectivity index (χ2n) is 4.78. The van der Waals surface area contributed by atoms with Gasteiger partial charge in [-0.05, 0) is 27.9 Å². The highest BCUT2D eigenvalue weighted by atomic mass is 79.9. The molecular weight excluding hydrogens is 322 g/mol. The molecule has 1 aromatic carbocycles. The zero-order valence-corrected chi connectivity index (χ0v) is 12.1. The Morgan fingerprint density at radius 2 is 2.05 bits per heavy atom. The van der Waals surface area contributed by atoms with Crippen molar-refractivity contribution in [2.75, 3.05) is 5.32 Å². The lowest BCUT2D eigenvalue weighted by molar-refractivity contribution is -0.384. The van der Waals surface area contributed by atoms with Crippen molar-refractivity contribution >= 4 is 27.3 Å². The summed E-state index contributed by atoms with van der Waals surface area (Å²) in [6.45, 7) is 0. The number of halogens is 1. The molecule has 2 unspecified atom stereocenters. The van der Waals surface area contributed by atoms with Gasteiger partial charge in [0.25, 0.3) is 0 Å². The standard InChI is InChI=1S/C14H12BrN3O2/c15-11-7-16-8-13(18(19)20)14(11)17-12-6-10(12)9-4-2-1-3-5-9/h1-5,7-8,10,12H,6H2,(H,16,17). The fourth-order valence-corrected chi connectivity index (χ4v) is 2.75. The lowest BCUT2D eigenvalue weighted by atomic mass is 10.1. The number of nitro groups is 1. The van der Waals surface area contributed by atoms with E-state index in [1.165, 1.54) is 11.8 Å². The fourth-order valence-electron chi connectivity index (χ4n) is 2.31. The van der Waals surface area contributed by atoms with E-state index in [9.17, 15) is 10.1 Å². The van der Waals surface area contributed by atoms with E-state index in [4.69, 9.17) is 0 Å². The molecule has 1 aromatic heterocycles. The van der Waals surface area contributed by atoms with Crippen molar-refractivity contribution in [3.05, 3.63) is 62.9 Å². The van der Waals surface area contributed by atoms with Gasteiger partial charge in [-0.1, -0.05) is 30.3 Å². The minimum absolute atomic E-state index is 0.00177. The zero-order chi connectivity index (χ0) is 14.1. The van der Waals surface area contributed by atoms with Gasteiger partial charge in [-0.25, -0.2) is 0 Å². The Hall–Kier alpha value is -1.95. The lowest BCUT2D eigenvalue weighted by Crippen LogP contribution is -2.07. The molecule has 1 aliphatic carbocycles. The van der Waals surface area contributed by atoms with E-state index in [2.05, 4.69) is 38.4 Å². The van der Waals surface area contributed by atoms with Gasteiger partial charge in [0.15, 0.2) is 0 Å². The summed E-state index contributed by atoms with van der Waals surface area (Å²) in [6.07, 6.45) is 3.82. The van der Waals surface area contributed by atoms with Crippen LogP contribution in [0.1, 0.15) is 17.9 Å². The second kappa shape index (κ2) is 5.20. The molecule has 2 atom stereocenters. The van der Waals surface area contributed by atoms with Gasteiger partial charge in [-0.15, -0.1) is 0 Å². The molecule has 1 saturated carbocycles. The Labute approximate surface area is 124 Å². The normalized spacial score (nSPS) is 20.4. The predicted octanol–water partition coefficient (Wildman–Crippen LogP) is 3.72. The van der Waals surface area contributed by atoms with E-state index in [0.717, 1.165) is 6.42 Å². The zero-order valence-electron chi connectivity index (χ0n) is 10.5. The first-order valence-corrected chi connectivity index (χ1v) is 7.05. The summed E-state index contributed by atoms with van der Waals surface area (Å²) in [6, 6.07) is 10.4. The van der Waals surface area contributed by atoms with Crippen LogP contribution < -0.4 is 5.32 Å². The summed E-state index contributed by atoms with van der Waals surface area (Å²) < 4.78 is 0.616. The third kappa shape index (κ3) is 2.51. The van der Waals surface area contributed by atoms with Gasteiger partial charge in [0, 0.05) is 18.2 Å². The van der Waals surface area contributed by atoms with Gasteiger partial charge in [-0.3, -0.25) is 15.1 Å². The van der Waals surface area contributed by atoms with Crippen molar-refractivity contribution < 1.29 is 4.92 Å². The van der Waals surface area contributed by atoms with Crippen LogP contribution in [0, 0.1) is 10.1 Å². The Bertz CT molecular complexity index is 648. The fraction of sp³-hybridized carbons (Fsp3) is 0.214. The molecule has 5 nitrogen and oxygen atoms in total. The lowest BCUT2D eigenvalue weighted by Gasteiger charge is -2.08. The van der Waals surface area contributed by atoms with Crippen LogP contribution in [0.15, 0.2) is 47.2 Å². The van der Waals surface area contributed by atoms with E-state index in [0.29, 0.717) is 16.1 Å². The molecule has 1 aliphatic rings. The number of hydrogen-bond acceptors (Lipinski definition) is 4. The molecular formula is C14H12BrN3O2. The molecule has 3 rings (SSSR count). The maximum absolute atomic E-state index is 11.0. The first-order valence-electron chi connectivity index (χ1n) is 6.26. The Morgan fingerprint density at radius 3 is 2.75 bits per heavy atom. The molecule has 1 fully saturated rings. The third-order valence-corrected chi connectivity index (χ3v) is 4.03. The van der Waals surface area contributed by atoms with Gasteiger partial charge in [-0.2, -0.15) is 0 Å². The van der Waals surface area contributed by atoms with Crippen LogP contribution in [-0.4, -0.2) is 15.9 Å². The maximum Gasteiger partial charge on any atom is 0.311 e. The van der Waals surface area contributed by atoms with Crippen molar-refractivity contribution in [3.63, 3.8) is 0 Å². The molecule has 0 spiro atoms. The summed E-state index contributed by atoms with van der Waals surface area (Å²) in [5, 5.41) is 14.3. The highest BCUT2D eigenvalue weighted by Crippen LogP contribution is 2.45. The van der Waals surface area contributed by atoms with Crippen LogP contribution in [-0.2, 0) is 0 Å². The third-order valence-electron chi connectivity index (χ3n) is 3.42. The molecule has 1 heterocycles. The number of hydrogen-bond donors (Lipinski definition) is 1. The van der Waals surface area contributed by atoms with E-state index < -0.39 is 4.92 Å². The average Bonchev–Trinajstić information content (AvgIpc) is 3.21. The monoisotopic (exact) mass is 333 g/mol. The molecule has 102 valence electrons. The minimum Gasteiger partial charge on any atom is -0.375 e. The van der Waals surface area contributed by atoms with Gasteiger partial charge in [0.1, 0.15) is 11.9 Å². The van der Waals surface area contributed by atoms with Gasteiger partial charge >= 0.3 is 5.69 Å². The van der Waals surface area contributed by atoms with Crippen molar-refractivity contribution in [3.8, 4) is 0 Å². The van der Waals surface area contributed by atoms with Crippen LogP contribution in [0.5, 0.6) is 0 Å². The summed E-state index contributed by atoms with van der Waals surface area (Å²) in [7, 11) is 0. The molecule has 1 N–H and O–H groups in total. The van der Waals surface area contributed by atoms with Gasteiger partial charge in [0.05, 0.1) is 9.40 Å². The largest absolute Gasteiger partial charge is 0.375 e. The molecule has 0 amide bonds. The van der Waals surface area contributed by atoms with Crippen molar-refractivity contribution in [1.29, 1.82) is 0 Å². The first-order chi connectivity index (χ1) is 9.66. The Kier molecular flexibility index (Phi) is 3.40. The number of rotatable bonds is 4. The number of aromatic nitrogens is 1. The first kappa shape index (κ1) is 13.1. The average molecular weight is 334 g/mol. The summed E-state index contributed by atoms with van der Waals surface area (Å²) in [4.78, 5) is 14.5. The van der Waals surface area contributed by atoms with Crippen molar-refractivity contribution in [2.45, 2.75) is 18.4 Å². The molecule has 0 bridgehead atoms. The number of benzene rings is 1. The molecule has 20 heavy (non-hydrogen) atoms.